The first-order valence-electron chi connectivity index (χ1n) is 5.61. The third-order valence-electron chi connectivity index (χ3n) is 2.57. The molecule has 8 heteroatoms. The summed E-state index contributed by atoms with van der Waals surface area (Å²) in [6.07, 6.45) is 0. The van der Waals surface area contributed by atoms with E-state index in [1.165, 1.54) is 30.3 Å². The number of hydrogen-bond donors (Lipinski definition) is 2. The van der Waals surface area contributed by atoms with Gasteiger partial charge in [0.1, 0.15) is 10.7 Å². The van der Waals surface area contributed by atoms with E-state index in [2.05, 4.69) is 5.32 Å². The molecule has 2 aromatic carbocycles. The van der Waals surface area contributed by atoms with Gasteiger partial charge in [-0.25, -0.2) is 4.39 Å². The number of benzene rings is 2. The second-order valence-electron chi connectivity index (χ2n) is 4.08. The zero-order valence-corrected chi connectivity index (χ0v) is 12.0. The van der Waals surface area contributed by atoms with E-state index in [1.54, 1.807) is 0 Å². The number of amides is 1. The lowest BCUT2D eigenvalue weighted by Gasteiger charge is -2.07. The van der Waals surface area contributed by atoms with Gasteiger partial charge in [0, 0.05) is 16.3 Å². The third kappa shape index (κ3) is 3.78. The van der Waals surface area contributed by atoms with E-state index in [0.29, 0.717) is 5.02 Å². The Morgan fingerprint density at radius 1 is 1.14 bits per heavy atom. The second kappa shape index (κ2) is 5.80. The number of anilines is 1. The molecule has 0 spiro atoms. The van der Waals surface area contributed by atoms with Crippen molar-refractivity contribution in [3.05, 3.63) is 58.9 Å². The van der Waals surface area contributed by atoms with Crippen molar-refractivity contribution in [2.24, 2.45) is 0 Å². The van der Waals surface area contributed by atoms with Gasteiger partial charge < -0.3 is 5.32 Å². The van der Waals surface area contributed by atoms with E-state index in [-0.39, 0.29) is 11.3 Å². The minimum atomic E-state index is -4.71. The van der Waals surface area contributed by atoms with Gasteiger partial charge in [-0.2, -0.15) is 8.42 Å². The monoisotopic (exact) mass is 329 g/mol. The molecule has 21 heavy (non-hydrogen) atoms. The van der Waals surface area contributed by atoms with Gasteiger partial charge in [0.15, 0.2) is 0 Å². The van der Waals surface area contributed by atoms with E-state index in [0.717, 1.165) is 12.1 Å². The second-order valence-corrected chi connectivity index (χ2v) is 5.91. The molecule has 0 aliphatic rings. The van der Waals surface area contributed by atoms with Crippen LogP contribution in [0.15, 0.2) is 47.4 Å². The lowest BCUT2D eigenvalue weighted by molar-refractivity contribution is 0.102. The molecule has 0 aliphatic carbocycles. The van der Waals surface area contributed by atoms with Crippen LogP contribution in [0.2, 0.25) is 5.02 Å². The highest BCUT2D eigenvalue weighted by Crippen LogP contribution is 2.20. The first-order valence-corrected chi connectivity index (χ1v) is 7.43. The summed E-state index contributed by atoms with van der Waals surface area (Å²) >= 11 is 5.70. The van der Waals surface area contributed by atoms with Crippen LogP contribution in [0.3, 0.4) is 0 Å². The van der Waals surface area contributed by atoms with Crippen molar-refractivity contribution >= 4 is 33.3 Å². The maximum absolute atomic E-state index is 13.3. The van der Waals surface area contributed by atoms with Gasteiger partial charge >= 0.3 is 0 Å². The molecule has 0 saturated heterocycles. The minimum absolute atomic E-state index is 0.0315. The molecule has 5 nitrogen and oxygen atoms in total. The van der Waals surface area contributed by atoms with Gasteiger partial charge in [0.25, 0.3) is 16.0 Å². The Morgan fingerprint density at radius 2 is 1.76 bits per heavy atom. The fourth-order valence-electron chi connectivity index (χ4n) is 1.58. The quantitative estimate of drug-likeness (QED) is 0.848. The molecule has 0 radical (unpaired) electrons. The van der Waals surface area contributed by atoms with E-state index >= 15 is 0 Å². The topological polar surface area (TPSA) is 83.5 Å². The normalized spacial score (nSPS) is 11.2. The van der Waals surface area contributed by atoms with Crippen LogP contribution >= 0.6 is 11.6 Å². The highest BCUT2D eigenvalue weighted by Gasteiger charge is 2.17. The SMILES string of the molecule is O=C(Nc1ccc(F)c(S(=O)(=O)O)c1)c1ccc(Cl)cc1. The summed E-state index contributed by atoms with van der Waals surface area (Å²) in [5, 5.41) is 2.85. The standard InChI is InChI=1S/C13H9ClFNO4S/c14-9-3-1-8(2-4-9)13(17)16-10-5-6-11(15)12(7-10)21(18,19)20/h1-7H,(H,16,17)(H,18,19,20). The molecule has 0 atom stereocenters. The van der Waals surface area contributed by atoms with Crippen LogP contribution in [-0.2, 0) is 10.1 Å². The Morgan fingerprint density at radius 3 is 2.33 bits per heavy atom. The number of halogens is 2. The Balaban J connectivity index is 2.28. The van der Waals surface area contributed by atoms with Gasteiger partial charge in [-0.15, -0.1) is 0 Å². The first-order chi connectivity index (χ1) is 9.77. The van der Waals surface area contributed by atoms with Gasteiger partial charge in [0.2, 0.25) is 0 Å². The highest BCUT2D eigenvalue weighted by molar-refractivity contribution is 7.85. The molecule has 2 rings (SSSR count). The Hall–Kier alpha value is -1.96. The van der Waals surface area contributed by atoms with E-state index < -0.39 is 26.7 Å². The number of nitrogens with one attached hydrogen (secondary N) is 1. The number of carbonyl (C=O) groups is 1. The van der Waals surface area contributed by atoms with Crippen molar-refractivity contribution in [1.29, 1.82) is 0 Å². The largest absolute Gasteiger partial charge is 0.322 e. The maximum atomic E-state index is 13.3. The smallest absolute Gasteiger partial charge is 0.297 e. The average Bonchev–Trinajstić information content (AvgIpc) is 2.40. The van der Waals surface area contributed by atoms with E-state index in [1.807, 2.05) is 0 Å². The number of rotatable bonds is 3. The van der Waals surface area contributed by atoms with E-state index in [4.69, 9.17) is 16.2 Å². The molecule has 0 unspecified atom stereocenters. The fourth-order valence-corrected chi connectivity index (χ4v) is 2.30. The maximum Gasteiger partial charge on any atom is 0.297 e. The Bertz CT molecular complexity index is 790. The first kappa shape index (κ1) is 15.4. The van der Waals surface area contributed by atoms with Crippen molar-refractivity contribution in [1.82, 2.24) is 0 Å². The molecule has 110 valence electrons. The molecular formula is C13H9ClFNO4S. The average molecular weight is 330 g/mol. The predicted molar refractivity (Wildman–Crippen MR) is 75.6 cm³/mol. The van der Waals surface area contributed by atoms with Gasteiger partial charge in [-0.05, 0) is 42.5 Å². The minimum Gasteiger partial charge on any atom is -0.322 e. The van der Waals surface area contributed by atoms with Gasteiger partial charge in [0.05, 0.1) is 0 Å². The summed E-state index contributed by atoms with van der Waals surface area (Å²) in [5.74, 6) is -1.64. The fraction of sp³-hybridized carbons (Fsp3) is 0. The molecule has 0 heterocycles. The molecule has 1 amide bonds. The number of carbonyl (C=O) groups excluding carboxylic acids is 1. The van der Waals surface area contributed by atoms with Crippen molar-refractivity contribution in [3.63, 3.8) is 0 Å². The zero-order valence-electron chi connectivity index (χ0n) is 10.4. The lowest BCUT2D eigenvalue weighted by atomic mass is 10.2. The molecule has 0 bridgehead atoms. The third-order valence-corrected chi connectivity index (χ3v) is 3.69. The van der Waals surface area contributed by atoms with Crippen molar-refractivity contribution in [3.8, 4) is 0 Å². The molecule has 2 aromatic rings. The van der Waals surface area contributed by atoms with Crippen molar-refractivity contribution < 1.29 is 22.2 Å². The molecule has 0 aliphatic heterocycles. The van der Waals surface area contributed by atoms with Gasteiger partial charge in [-0.1, -0.05) is 11.6 Å². The Labute approximate surface area is 125 Å². The molecule has 2 N–H and O–H groups in total. The van der Waals surface area contributed by atoms with Crippen LogP contribution < -0.4 is 5.32 Å². The van der Waals surface area contributed by atoms with Crippen LogP contribution in [0.1, 0.15) is 10.4 Å². The summed E-state index contributed by atoms with van der Waals surface area (Å²) in [7, 11) is -4.71. The summed E-state index contributed by atoms with van der Waals surface area (Å²) < 4.78 is 44.2. The predicted octanol–water partition coefficient (Wildman–Crippen LogP) is 2.98. The van der Waals surface area contributed by atoms with Crippen molar-refractivity contribution in [2.75, 3.05) is 5.32 Å². The molecule has 0 aromatic heterocycles. The van der Waals surface area contributed by atoms with Crippen molar-refractivity contribution in [2.45, 2.75) is 4.90 Å². The lowest BCUT2D eigenvalue weighted by Crippen LogP contribution is -2.12. The Kier molecular flexibility index (Phi) is 4.26. The highest BCUT2D eigenvalue weighted by atomic mass is 35.5. The number of hydrogen-bond acceptors (Lipinski definition) is 3. The summed E-state index contributed by atoms with van der Waals surface area (Å²) in [5.41, 5.74) is 0.320. The van der Waals surface area contributed by atoms with Crippen LogP contribution in [-0.4, -0.2) is 18.9 Å². The summed E-state index contributed by atoms with van der Waals surface area (Å²) in [6, 6.07) is 8.84. The molecule has 0 fully saturated rings. The zero-order chi connectivity index (χ0) is 15.6. The van der Waals surface area contributed by atoms with E-state index in [9.17, 15) is 17.6 Å². The van der Waals surface area contributed by atoms with Crippen LogP contribution in [0.4, 0.5) is 10.1 Å². The van der Waals surface area contributed by atoms with Gasteiger partial charge in [-0.3, -0.25) is 9.35 Å². The summed E-state index contributed by atoms with van der Waals surface area (Å²) in [4.78, 5) is 11.0. The van der Waals surface area contributed by atoms with Crippen LogP contribution in [0.25, 0.3) is 0 Å². The van der Waals surface area contributed by atoms with Crippen LogP contribution in [0, 0.1) is 5.82 Å². The molecular weight excluding hydrogens is 321 g/mol. The van der Waals surface area contributed by atoms with Crippen LogP contribution in [0.5, 0.6) is 0 Å². The summed E-state index contributed by atoms with van der Waals surface area (Å²) in [6.45, 7) is 0. The molecule has 0 saturated carbocycles.